The fraction of sp³-hybridized carbons (Fsp3) is 0.125. The Labute approximate surface area is 66.5 Å². The highest BCUT2D eigenvalue weighted by Crippen LogP contribution is 2.15. The molecule has 0 unspecified atom stereocenters. The van der Waals surface area contributed by atoms with Crippen LogP contribution in [0, 0.1) is 0 Å². The van der Waals surface area contributed by atoms with E-state index >= 15 is 0 Å². The van der Waals surface area contributed by atoms with Crippen LogP contribution in [-0.2, 0) is 4.79 Å². The van der Waals surface area contributed by atoms with Crippen molar-refractivity contribution in [1.82, 2.24) is 0 Å². The van der Waals surface area contributed by atoms with Gasteiger partial charge in [0.2, 0.25) is 6.41 Å². The molecule has 60 valence electrons. The zero-order chi connectivity index (χ0) is 8.10. The number of hydrogen-bond acceptors (Lipinski definition) is 2. The summed E-state index contributed by atoms with van der Waals surface area (Å²) in [5.74, 6) is 0.733. The van der Waals surface area contributed by atoms with E-state index in [0.29, 0.717) is 6.41 Å². The molecule has 3 nitrogen and oxygen atoms in total. The maximum Gasteiger partial charge on any atom is 0.211 e. The summed E-state index contributed by atoms with van der Waals surface area (Å²) in [6, 6.07) is 7.16. The summed E-state index contributed by atoms with van der Waals surface area (Å²) >= 11 is 0. The summed E-state index contributed by atoms with van der Waals surface area (Å²) in [6.45, 7) is 0. The van der Waals surface area contributed by atoms with E-state index in [4.69, 9.17) is 4.74 Å². The number of anilines is 1. The molecule has 0 bridgehead atoms. The van der Waals surface area contributed by atoms with Crippen molar-refractivity contribution in [2.24, 2.45) is 0 Å². The fourth-order valence-corrected chi connectivity index (χ4v) is 0.781. The van der Waals surface area contributed by atoms with Crippen LogP contribution in [0.2, 0.25) is 0 Å². The first-order chi connectivity index (χ1) is 5.36. The Morgan fingerprint density at radius 1 is 1.64 bits per heavy atom. The maximum absolute atomic E-state index is 10.0. The zero-order valence-electron chi connectivity index (χ0n) is 6.20. The van der Waals surface area contributed by atoms with Crippen LogP contribution in [0.5, 0.6) is 5.75 Å². The zero-order valence-corrected chi connectivity index (χ0v) is 6.20. The van der Waals surface area contributed by atoms with Gasteiger partial charge in [0.1, 0.15) is 5.75 Å². The molecule has 0 heterocycles. The number of hydrogen-bond donors (Lipinski definition) is 1. The van der Waals surface area contributed by atoms with Gasteiger partial charge in [-0.25, -0.2) is 0 Å². The van der Waals surface area contributed by atoms with Crippen LogP contribution in [0.3, 0.4) is 0 Å². The summed E-state index contributed by atoms with van der Waals surface area (Å²) in [7, 11) is 1.58. The van der Waals surface area contributed by atoms with Gasteiger partial charge in [-0.2, -0.15) is 0 Å². The number of rotatable bonds is 3. The van der Waals surface area contributed by atoms with E-state index in [1.165, 1.54) is 0 Å². The van der Waals surface area contributed by atoms with Crippen molar-refractivity contribution in [2.75, 3.05) is 12.4 Å². The van der Waals surface area contributed by atoms with Crippen LogP contribution in [-0.4, -0.2) is 13.5 Å². The van der Waals surface area contributed by atoms with Crippen molar-refractivity contribution in [1.29, 1.82) is 0 Å². The van der Waals surface area contributed by atoms with Crippen LogP contribution in [0.4, 0.5) is 5.69 Å². The third-order valence-electron chi connectivity index (χ3n) is 1.30. The lowest BCUT2D eigenvalue weighted by Crippen LogP contribution is -1.93. The van der Waals surface area contributed by atoms with Crippen LogP contribution >= 0.6 is 0 Å². The molecule has 0 radical (unpaired) electrons. The number of ether oxygens (including phenoxy) is 1. The first kappa shape index (κ1) is 7.60. The van der Waals surface area contributed by atoms with E-state index in [-0.39, 0.29) is 1.43 Å². The van der Waals surface area contributed by atoms with Crippen molar-refractivity contribution in [2.45, 2.75) is 0 Å². The molecule has 0 aromatic heterocycles. The second kappa shape index (κ2) is 3.61. The Kier molecular flexibility index (Phi) is 2.49. The van der Waals surface area contributed by atoms with Gasteiger partial charge >= 0.3 is 0 Å². The molecular weight excluding hydrogens is 142 g/mol. The summed E-state index contributed by atoms with van der Waals surface area (Å²) in [5, 5.41) is 2.52. The normalized spacial score (nSPS) is 8.82. The molecule has 0 aliphatic carbocycles. The average molecular weight is 153 g/mol. The fourth-order valence-electron chi connectivity index (χ4n) is 0.781. The van der Waals surface area contributed by atoms with Crippen molar-refractivity contribution in [3.63, 3.8) is 0 Å². The van der Waals surface area contributed by atoms with E-state index in [0.717, 1.165) is 11.4 Å². The molecule has 1 aromatic rings. The van der Waals surface area contributed by atoms with Gasteiger partial charge in [-0.15, -0.1) is 0 Å². The summed E-state index contributed by atoms with van der Waals surface area (Å²) in [6.07, 6.45) is 0.634. The van der Waals surface area contributed by atoms with E-state index in [2.05, 4.69) is 5.32 Å². The van der Waals surface area contributed by atoms with Crippen molar-refractivity contribution in [3.8, 4) is 5.75 Å². The van der Waals surface area contributed by atoms with Crippen molar-refractivity contribution >= 4 is 12.1 Å². The Hall–Kier alpha value is -1.51. The average Bonchev–Trinajstić information content (AvgIpc) is 2.06. The molecule has 11 heavy (non-hydrogen) atoms. The lowest BCUT2D eigenvalue weighted by molar-refractivity contribution is -0.105. The van der Waals surface area contributed by atoms with E-state index in [1.807, 2.05) is 12.1 Å². The number of nitrogens with one attached hydrogen (secondary N) is 1. The van der Waals surface area contributed by atoms with E-state index < -0.39 is 0 Å². The minimum Gasteiger partial charge on any atom is -0.497 e. The molecule has 0 saturated heterocycles. The molecule has 0 saturated carbocycles. The molecule has 0 aliphatic rings. The van der Waals surface area contributed by atoms with Gasteiger partial charge in [-0.3, -0.25) is 4.79 Å². The molecule has 0 aliphatic heterocycles. The Balaban J connectivity index is 0.00000121. The van der Waals surface area contributed by atoms with Crippen LogP contribution in [0.15, 0.2) is 24.3 Å². The second-order valence-corrected chi connectivity index (χ2v) is 1.99. The highest BCUT2D eigenvalue weighted by Gasteiger charge is 1.91. The van der Waals surface area contributed by atoms with Gasteiger partial charge in [0, 0.05) is 13.2 Å². The van der Waals surface area contributed by atoms with Gasteiger partial charge in [0.25, 0.3) is 0 Å². The SMILES string of the molecule is COc1cccc(NC=O)c1.[HH]. The number of benzene rings is 1. The van der Waals surface area contributed by atoms with Crippen LogP contribution in [0.1, 0.15) is 1.43 Å². The lowest BCUT2D eigenvalue weighted by Gasteiger charge is -2.01. The Bertz CT molecular complexity index is 253. The highest BCUT2D eigenvalue weighted by atomic mass is 16.5. The standard InChI is InChI=1S/C8H9NO2.H2/c1-11-8-4-2-3-7(5-8)9-6-10;/h2-6H,1H3,(H,9,10);1H. The molecule has 0 spiro atoms. The molecule has 1 N–H and O–H groups in total. The van der Waals surface area contributed by atoms with Gasteiger partial charge in [0.15, 0.2) is 0 Å². The van der Waals surface area contributed by atoms with Crippen molar-refractivity contribution < 1.29 is 11.0 Å². The second-order valence-electron chi connectivity index (χ2n) is 1.99. The predicted molar refractivity (Wildman–Crippen MR) is 44.8 cm³/mol. The number of amides is 1. The monoisotopic (exact) mass is 153 g/mol. The molecule has 1 rings (SSSR count). The van der Waals surface area contributed by atoms with E-state index in [1.54, 1.807) is 19.2 Å². The van der Waals surface area contributed by atoms with Crippen LogP contribution < -0.4 is 10.1 Å². The molecule has 1 aromatic carbocycles. The number of carbonyl (C=O) groups excluding carboxylic acids is 1. The Morgan fingerprint density at radius 3 is 3.09 bits per heavy atom. The van der Waals surface area contributed by atoms with Gasteiger partial charge in [-0.05, 0) is 12.1 Å². The minimum atomic E-state index is 0. The maximum atomic E-state index is 10.0. The van der Waals surface area contributed by atoms with Gasteiger partial charge in [0.05, 0.1) is 7.11 Å². The molecule has 0 atom stereocenters. The third-order valence-corrected chi connectivity index (χ3v) is 1.30. The molecule has 1 amide bonds. The van der Waals surface area contributed by atoms with Gasteiger partial charge < -0.3 is 10.1 Å². The topological polar surface area (TPSA) is 38.3 Å². The molecular formula is C8H11NO2. The number of methoxy groups -OCH3 is 1. The third kappa shape index (κ3) is 1.97. The summed E-state index contributed by atoms with van der Waals surface area (Å²) in [4.78, 5) is 10.0. The summed E-state index contributed by atoms with van der Waals surface area (Å²) in [5.41, 5.74) is 0.736. The smallest absolute Gasteiger partial charge is 0.211 e. The first-order valence-corrected chi connectivity index (χ1v) is 3.21. The quantitative estimate of drug-likeness (QED) is 0.668. The Morgan fingerprint density at radius 2 is 2.45 bits per heavy atom. The summed E-state index contributed by atoms with van der Waals surface area (Å²) < 4.78 is 4.95. The number of carbonyl (C=O) groups is 1. The molecule has 3 heteroatoms. The highest BCUT2D eigenvalue weighted by molar-refractivity contribution is 5.71. The minimum absolute atomic E-state index is 0. The van der Waals surface area contributed by atoms with Crippen molar-refractivity contribution in [3.05, 3.63) is 24.3 Å². The molecule has 0 fully saturated rings. The van der Waals surface area contributed by atoms with Crippen LogP contribution in [0.25, 0.3) is 0 Å². The van der Waals surface area contributed by atoms with E-state index in [9.17, 15) is 4.79 Å². The predicted octanol–water partition coefficient (Wildman–Crippen LogP) is 1.51. The lowest BCUT2D eigenvalue weighted by atomic mass is 10.3. The largest absolute Gasteiger partial charge is 0.497 e. The first-order valence-electron chi connectivity index (χ1n) is 3.21. The van der Waals surface area contributed by atoms with Gasteiger partial charge in [-0.1, -0.05) is 6.07 Å².